The number of rotatable bonds is 7. The highest BCUT2D eigenvalue weighted by Crippen LogP contribution is 2.55. The summed E-state index contributed by atoms with van der Waals surface area (Å²) in [6.07, 6.45) is 10.1. The van der Waals surface area contributed by atoms with Gasteiger partial charge in [-0.1, -0.05) is 67.8 Å². The van der Waals surface area contributed by atoms with Gasteiger partial charge in [-0.3, -0.25) is 14.4 Å². The van der Waals surface area contributed by atoms with E-state index >= 15 is 0 Å². The lowest BCUT2D eigenvalue weighted by atomic mass is 9.74. The van der Waals surface area contributed by atoms with Crippen molar-refractivity contribution in [2.24, 2.45) is 11.8 Å². The van der Waals surface area contributed by atoms with Gasteiger partial charge in [-0.2, -0.15) is 0 Å². The number of carbonyl (C=O) groups is 3. The van der Waals surface area contributed by atoms with Crippen molar-refractivity contribution in [1.82, 2.24) is 15.5 Å². The van der Waals surface area contributed by atoms with E-state index in [1.807, 2.05) is 42.5 Å². The number of benzene rings is 1. The van der Waals surface area contributed by atoms with Crippen LogP contribution in [0.1, 0.15) is 37.7 Å². The fourth-order valence-electron chi connectivity index (χ4n) is 6.03. The summed E-state index contributed by atoms with van der Waals surface area (Å²) < 4.78 is 6.31. The zero-order valence-electron chi connectivity index (χ0n) is 18.7. The van der Waals surface area contributed by atoms with Crippen LogP contribution in [0, 0.1) is 11.8 Å². The smallest absolute Gasteiger partial charge is 0.246 e. The van der Waals surface area contributed by atoms with E-state index in [1.165, 1.54) is 6.42 Å². The third-order valence-electron chi connectivity index (χ3n) is 7.51. The molecule has 7 heteroatoms. The molecule has 2 N–H and O–H groups in total. The van der Waals surface area contributed by atoms with Crippen molar-refractivity contribution in [3.63, 3.8) is 0 Å². The molecule has 0 aromatic heterocycles. The monoisotopic (exact) mass is 449 g/mol. The van der Waals surface area contributed by atoms with Crippen LogP contribution in [-0.4, -0.2) is 53.0 Å². The van der Waals surface area contributed by atoms with Crippen molar-refractivity contribution in [2.45, 2.75) is 62.4 Å². The first-order valence-corrected chi connectivity index (χ1v) is 12.0. The maximum Gasteiger partial charge on any atom is 0.246 e. The highest BCUT2D eigenvalue weighted by Gasteiger charge is 2.72. The largest absolute Gasteiger partial charge is 0.359 e. The molecule has 2 bridgehead atoms. The third kappa shape index (κ3) is 3.68. The Hall–Kier alpha value is -2.93. The van der Waals surface area contributed by atoms with E-state index in [0.29, 0.717) is 6.54 Å². The van der Waals surface area contributed by atoms with Crippen LogP contribution in [-0.2, 0) is 25.7 Å². The molecule has 1 spiro atoms. The summed E-state index contributed by atoms with van der Waals surface area (Å²) in [6.45, 7) is 4.39. The van der Waals surface area contributed by atoms with Crippen molar-refractivity contribution in [3.05, 3.63) is 60.7 Å². The second kappa shape index (κ2) is 8.78. The standard InChI is InChI=1S/C26H31N3O4/c1-2-15-29-22(24(31)28-18-11-7-4-8-12-18)26-14-13-19(33-26)20(21(26)25(29)32)23(30)27-16-17-9-5-3-6-10-17/h2-3,5-6,9-10,13-14,18-22H,1,4,7-8,11-12,15-16H2,(H,27,30)(H,28,31)/t19-,20+,21-,22-,26-/m1/s1. The Morgan fingerprint density at radius 2 is 1.91 bits per heavy atom. The van der Waals surface area contributed by atoms with Crippen molar-refractivity contribution in [3.8, 4) is 0 Å². The van der Waals surface area contributed by atoms with E-state index in [9.17, 15) is 14.4 Å². The molecule has 1 aromatic carbocycles. The Morgan fingerprint density at radius 1 is 1.15 bits per heavy atom. The van der Waals surface area contributed by atoms with Gasteiger partial charge in [0, 0.05) is 19.1 Å². The average molecular weight is 450 g/mol. The molecule has 4 aliphatic rings. The van der Waals surface area contributed by atoms with Gasteiger partial charge in [0.2, 0.25) is 17.7 Å². The molecule has 3 fully saturated rings. The van der Waals surface area contributed by atoms with Gasteiger partial charge in [0.15, 0.2) is 0 Å². The topological polar surface area (TPSA) is 87.7 Å². The summed E-state index contributed by atoms with van der Waals surface area (Å²) in [7, 11) is 0. The third-order valence-corrected chi connectivity index (χ3v) is 7.51. The van der Waals surface area contributed by atoms with Crippen molar-refractivity contribution in [1.29, 1.82) is 0 Å². The first-order chi connectivity index (χ1) is 16.0. The summed E-state index contributed by atoms with van der Waals surface area (Å²) in [6, 6.07) is 8.96. The van der Waals surface area contributed by atoms with Crippen molar-refractivity contribution in [2.75, 3.05) is 6.54 Å². The predicted octanol–water partition coefficient (Wildman–Crippen LogP) is 2.09. The number of fused-ring (bicyclic) bond motifs is 1. The lowest BCUT2D eigenvalue weighted by Gasteiger charge is -2.33. The van der Waals surface area contributed by atoms with Gasteiger partial charge in [-0.25, -0.2) is 0 Å². The number of carbonyl (C=O) groups excluding carboxylic acids is 3. The zero-order valence-corrected chi connectivity index (χ0v) is 18.7. The molecule has 7 nitrogen and oxygen atoms in total. The molecule has 0 unspecified atom stereocenters. The second-order valence-corrected chi connectivity index (χ2v) is 9.53. The van der Waals surface area contributed by atoms with Gasteiger partial charge in [0.05, 0.1) is 17.9 Å². The lowest BCUT2D eigenvalue weighted by Crippen LogP contribution is -2.56. The molecule has 3 heterocycles. The maximum absolute atomic E-state index is 13.6. The van der Waals surface area contributed by atoms with E-state index in [2.05, 4.69) is 17.2 Å². The van der Waals surface area contributed by atoms with Crippen LogP contribution in [0.25, 0.3) is 0 Å². The van der Waals surface area contributed by atoms with E-state index in [4.69, 9.17) is 4.74 Å². The van der Waals surface area contributed by atoms with Crippen LogP contribution in [0.5, 0.6) is 0 Å². The number of hydrogen-bond donors (Lipinski definition) is 2. The van der Waals surface area contributed by atoms with E-state index < -0.39 is 29.6 Å². The van der Waals surface area contributed by atoms with Crippen LogP contribution < -0.4 is 10.6 Å². The lowest BCUT2D eigenvalue weighted by molar-refractivity contribution is -0.141. The van der Waals surface area contributed by atoms with Crippen molar-refractivity contribution < 1.29 is 19.1 Å². The summed E-state index contributed by atoms with van der Waals surface area (Å²) in [5.74, 6) is -2.02. The van der Waals surface area contributed by atoms with Crippen LogP contribution in [0.4, 0.5) is 0 Å². The van der Waals surface area contributed by atoms with E-state index in [-0.39, 0.29) is 30.3 Å². The Labute approximate surface area is 194 Å². The second-order valence-electron chi connectivity index (χ2n) is 9.53. The number of likely N-dealkylation sites (tertiary alicyclic amines) is 1. The molecule has 3 aliphatic heterocycles. The van der Waals surface area contributed by atoms with Crippen LogP contribution in [0.15, 0.2) is 55.1 Å². The normalized spacial score (nSPS) is 32.6. The number of nitrogens with zero attached hydrogens (tertiary/aromatic N) is 1. The predicted molar refractivity (Wildman–Crippen MR) is 123 cm³/mol. The molecule has 0 radical (unpaired) electrons. The SMILES string of the molecule is C=CCN1C(=O)[C@H]2[C@@H](C(=O)NCc3ccccc3)[C@H]3C=C[C@]2(O3)[C@H]1C(=O)NC1CCCCC1. The molecule has 5 rings (SSSR count). The molecule has 1 aromatic rings. The maximum atomic E-state index is 13.6. The van der Waals surface area contributed by atoms with Crippen LogP contribution >= 0.6 is 0 Å². The quantitative estimate of drug-likeness (QED) is 0.624. The van der Waals surface area contributed by atoms with Gasteiger partial charge < -0.3 is 20.3 Å². The summed E-state index contributed by atoms with van der Waals surface area (Å²) in [5, 5.41) is 6.14. The van der Waals surface area contributed by atoms with Crippen molar-refractivity contribution >= 4 is 17.7 Å². The fourth-order valence-corrected chi connectivity index (χ4v) is 6.03. The Morgan fingerprint density at radius 3 is 2.64 bits per heavy atom. The van der Waals surface area contributed by atoms with Crippen LogP contribution in [0.3, 0.4) is 0 Å². The van der Waals surface area contributed by atoms with E-state index in [0.717, 1.165) is 31.2 Å². The van der Waals surface area contributed by atoms with Gasteiger partial charge in [-0.05, 0) is 18.4 Å². The molecule has 2 saturated heterocycles. The molecule has 33 heavy (non-hydrogen) atoms. The molecule has 1 aliphatic carbocycles. The Balaban J connectivity index is 1.38. The first-order valence-electron chi connectivity index (χ1n) is 12.0. The summed E-state index contributed by atoms with van der Waals surface area (Å²) in [4.78, 5) is 41.8. The molecule has 3 amide bonds. The highest BCUT2D eigenvalue weighted by molar-refractivity contribution is 6.00. The summed E-state index contributed by atoms with van der Waals surface area (Å²) >= 11 is 0. The fraction of sp³-hybridized carbons (Fsp3) is 0.500. The molecule has 5 atom stereocenters. The number of ether oxygens (including phenoxy) is 1. The summed E-state index contributed by atoms with van der Waals surface area (Å²) in [5.41, 5.74) is -0.130. The van der Waals surface area contributed by atoms with E-state index in [1.54, 1.807) is 11.0 Å². The molecule has 1 saturated carbocycles. The molecule has 174 valence electrons. The zero-order chi connectivity index (χ0) is 23.0. The highest BCUT2D eigenvalue weighted by atomic mass is 16.5. The average Bonchev–Trinajstić information content (AvgIpc) is 3.47. The number of hydrogen-bond acceptors (Lipinski definition) is 4. The first kappa shape index (κ1) is 21.9. The molecular formula is C26H31N3O4. The minimum absolute atomic E-state index is 0.120. The van der Waals surface area contributed by atoms with Gasteiger partial charge >= 0.3 is 0 Å². The van der Waals surface area contributed by atoms with Gasteiger partial charge in [-0.15, -0.1) is 6.58 Å². The van der Waals surface area contributed by atoms with Crippen LogP contribution in [0.2, 0.25) is 0 Å². The minimum atomic E-state index is -1.11. The Kier molecular flexibility index (Phi) is 5.83. The Bertz CT molecular complexity index is 971. The molecular weight excluding hydrogens is 418 g/mol. The number of nitrogens with one attached hydrogen (secondary N) is 2. The minimum Gasteiger partial charge on any atom is -0.359 e. The number of amides is 3. The van der Waals surface area contributed by atoms with Gasteiger partial charge in [0.1, 0.15) is 11.6 Å². The van der Waals surface area contributed by atoms with Gasteiger partial charge in [0.25, 0.3) is 0 Å².